The lowest BCUT2D eigenvalue weighted by Crippen LogP contribution is -2.17. The lowest BCUT2D eigenvalue weighted by molar-refractivity contribution is -0.147. The van der Waals surface area contributed by atoms with Crippen molar-refractivity contribution in [2.45, 2.75) is 19.6 Å². The van der Waals surface area contributed by atoms with Gasteiger partial charge in [0.2, 0.25) is 5.82 Å². The summed E-state index contributed by atoms with van der Waals surface area (Å²) in [5.41, 5.74) is 0.377. The molecule has 0 aliphatic heterocycles. The topological polar surface area (TPSA) is 60.1 Å². The number of hydrogen-bond donors (Lipinski definition) is 0. The van der Waals surface area contributed by atoms with Crippen molar-refractivity contribution in [3.05, 3.63) is 18.0 Å². The largest absolute Gasteiger partial charge is 0.493 e. The quantitative estimate of drug-likeness (QED) is 0.869. The van der Waals surface area contributed by atoms with Crippen molar-refractivity contribution in [3.63, 3.8) is 0 Å². The minimum Gasteiger partial charge on any atom is -0.493 e. The number of benzene rings is 1. The number of nitriles is 1. The first kappa shape index (κ1) is 15.9. The van der Waals surface area contributed by atoms with Gasteiger partial charge in [-0.3, -0.25) is 0 Å². The molecule has 0 bridgehead atoms. The summed E-state index contributed by atoms with van der Waals surface area (Å²) in [7, 11) is 2.79. The summed E-state index contributed by atoms with van der Waals surface area (Å²) < 4.78 is 50.7. The Morgan fingerprint density at radius 1 is 1.27 bits per heavy atom. The fourth-order valence-electron chi connectivity index (χ4n) is 2.17. The summed E-state index contributed by atoms with van der Waals surface area (Å²) in [4.78, 5) is 3.65. The molecule has 1 atom stereocenters. The van der Waals surface area contributed by atoms with Crippen LogP contribution in [0.1, 0.15) is 12.7 Å². The first-order chi connectivity index (χ1) is 10.3. The van der Waals surface area contributed by atoms with Crippen molar-refractivity contribution in [1.29, 1.82) is 5.26 Å². The number of methoxy groups -OCH3 is 2. The highest BCUT2D eigenvalue weighted by molar-refractivity contribution is 5.80. The van der Waals surface area contributed by atoms with Gasteiger partial charge < -0.3 is 14.0 Å². The maximum atomic E-state index is 13.2. The predicted octanol–water partition coefficient (Wildman–Crippen LogP) is 3.23. The third-order valence-corrected chi connectivity index (χ3v) is 3.18. The SMILES string of the molecule is COc1cc2nc(C(F)(F)F)n(CC(C)C#N)c2cc1OC. The average molecular weight is 313 g/mol. The summed E-state index contributed by atoms with van der Waals surface area (Å²) in [5.74, 6) is -1.04. The van der Waals surface area contributed by atoms with Crippen LogP contribution in [0.3, 0.4) is 0 Å². The number of halogens is 3. The fourth-order valence-corrected chi connectivity index (χ4v) is 2.17. The highest BCUT2D eigenvalue weighted by atomic mass is 19.4. The number of aromatic nitrogens is 2. The molecule has 2 aromatic rings. The van der Waals surface area contributed by atoms with Crippen molar-refractivity contribution in [1.82, 2.24) is 9.55 Å². The number of fused-ring (bicyclic) bond motifs is 1. The fraction of sp³-hybridized carbons (Fsp3) is 0.429. The third-order valence-electron chi connectivity index (χ3n) is 3.18. The van der Waals surface area contributed by atoms with Gasteiger partial charge in [-0.2, -0.15) is 18.4 Å². The van der Waals surface area contributed by atoms with Crippen LogP contribution in [-0.4, -0.2) is 23.8 Å². The molecule has 1 aromatic heterocycles. The molecular weight excluding hydrogens is 299 g/mol. The van der Waals surface area contributed by atoms with E-state index in [1.165, 1.54) is 26.4 Å². The summed E-state index contributed by atoms with van der Waals surface area (Å²) in [6.07, 6.45) is -4.62. The van der Waals surface area contributed by atoms with Crippen molar-refractivity contribution < 1.29 is 22.6 Å². The van der Waals surface area contributed by atoms with Gasteiger partial charge in [0, 0.05) is 18.7 Å². The molecule has 1 unspecified atom stereocenters. The van der Waals surface area contributed by atoms with Crippen molar-refractivity contribution in [2.24, 2.45) is 5.92 Å². The van der Waals surface area contributed by atoms with Gasteiger partial charge in [0.25, 0.3) is 0 Å². The van der Waals surface area contributed by atoms with Crippen LogP contribution in [0, 0.1) is 17.2 Å². The number of hydrogen-bond acceptors (Lipinski definition) is 4. The second-order valence-electron chi connectivity index (χ2n) is 4.77. The molecule has 0 saturated heterocycles. The molecule has 0 aliphatic rings. The highest BCUT2D eigenvalue weighted by Crippen LogP contribution is 2.37. The molecule has 0 aliphatic carbocycles. The van der Waals surface area contributed by atoms with Gasteiger partial charge in [0.15, 0.2) is 11.5 Å². The van der Waals surface area contributed by atoms with Crippen LogP contribution >= 0.6 is 0 Å². The van der Waals surface area contributed by atoms with E-state index >= 15 is 0 Å². The van der Waals surface area contributed by atoms with E-state index in [2.05, 4.69) is 4.98 Å². The van der Waals surface area contributed by atoms with Crippen LogP contribution in [0.2, 0.25) is 0 Å². The van der Waals surface area contributed by atoms with Crippen molar-refractivity contribution in [3.8, 4) is 17.6 Å². The predicted molar refractivity (Wildman–Crippen MR) is 72.6 cm³/mol. The zero-order valence-corrected chi connectivity index (χ0v) is 12.2. The molecule has 2 rings (SSSR count). The molecule has 22 heavy (non-hydrogen) atoms. The number of rotatable bonds is 4. The van der Waals surface area contributed by atoms with Crippen LogP contribution < -0.4 is 9.47 Å². The summed E-state index contributed by atoms with van der Waals surface area (Å²) in [6.45, 7) is 1.43. The first-order valence-electron chi connectivity index (χ1n) is 6.40. The second-order valence-corrected chi connectivity index (χ2v) is 4.77. The smallest absolute Gasteiger partial charge is 0.449 e. The molecule has 8 heteroatoms. The Morgan fingerprint density at radius 3 is 2.36 bits per heavy atom. The van der Waals surface area contributed by atoms with E-state index in [9.17, 15) is 13.2 Å². The van der Waals surface area contributed by atoms with E-state index < -0.39 is 17.9 Å². The molecule has 118 valence electrons. The minimum absolute atomic E-state index is 0.114. The molecule has 1 heterocycles. The van der Waals surface area contributed by atoms with Crippen molar-refractivity contribution in [2.75, 3.05) is 14.2 Å². The zero-order chi connectivity index (χ0) is 16.5. The lowest BCUT2D eigenvalue weighted by Gasteiger charge is -2.13. The number of ether oxygens (including phenoxy) is 2. The minimum atomic E-state index is -4.62. The van der Waals surface area contributed by atoms with Gasteiger partial charge in [-0.25, -0.2) is 4.98 Å². The Labute approximate surface area is 124 Å². The third kappa shape index (κ3) is 2.79. The van der Waals surface area contributed by atoms with Crippen LogP contribution in [-0.2, 0) is 12.7 Å². The normalized spacial score (nSPS) is 13.0. The molecule has 0 spiro atoms. The van der Waals surface area contributed by atoms with E-state index in [4.69, 9.17) is 14.7 Å². The van der Waals surface area contributed by atoms with Crippen LogP contribution in [0.4, 0.5) is 13.2 Å². The van der Waals surface area contributed by atoms with Gasteiger partial charge in [-0.1, -0.05) is 0 Å². The molecule has 0 amide bonds. The summed E-state index contributed by atoms with van der Waals surface area (Å²) >= 11 is 0. The molecule has 0 N–H and O–H groups in total. The number of imidazole rings is 1. The van der Waals surface area contributed by atoms with Crippen molar-refractivity contribution >= 4 is 11.0 Å². The maximum absolute atomic E-state index is 13.2. The van der Waals surface area contributed by atoms with Gasteiger partial charge in [-0.05, 0) is 6.92 Å². The molecule has 1 aromatic carbocycles. The zero-order valence-electron chi connectivity index (χ0n) is 12.2. The van der Waals surface area contributed by atoms with Crippen LogP contribution in [0.25, 0.3) is 11.0 Å². The summed E-state index contributed by atoms with van der Waals surface area (Å²) in [6, 6.07) is 4.74. The standard InChI is InChI=1S/C14H14F3N3O2/c1-8(6-18)7-20-10-5-12(22-3)11(21-2)4-9(10)19-13(20)14(15,16)17/h4-5,8H,7H2,1-3H3. The van der Waals surface area contributed by atoms with Gasteiger partial charge in [0.05, 0.1) is 37.2 Å². The van der Waals surface area contributed by atoms with E-state index in [0.717, 1.165) is 4.57 Å². The summed E-state index contributed by atoms with van der Waals surface area (Å²) in [5, 5.41) is 8.87. The molecular formula is C14H14F3N3O2. The lowest BCUT2D eigenvalue weighted by atomic mass is 10.2. The average Bonchev–Trinajstić information content (AvgIpc) is 2.83. The van der Waals surface area contributed by atoms with Crippen LogP contribution in [0.15, 0.2) is 12.1 Å². The molecule has 5 nitrogen and oxygen atoms in total. The van der Waals surface area contributed by atoms with E-state index in [1.54, 1.807) is 6.92 Å². The van der Waals surface area contributed by atoms with Gasteiger partial charge in [-0.15, -0.1) is 0 Å². The second kappa shape index (κ2) is 5.75. The number of alkyl halides is 3. The van der Waals surface area contributed by atoms with E-state index in [-0.39, 0.29) is 17.6 Å². The van der Waals surface area contributed by atoms with Gasteiger partial charge in [0.1, 0.15) is 0 Å². The Bertz CT molecular complexity index is 731. The molecule has 0 fully saturated rings. The molecule has 0 saturated carbocycles. The Hall–Kier alpha value is -2.43. The van der Waals surface area contributed by atoms with E-state index in [1.807, 2.05) is 6.07 Å². The van der Waals surface area contributed by atoms with E-state index in [0.29, 0.717) is 11.5 Å². The van der Waals surface area contributed by atoms with Gasteiger partial charge >= 0.3 is 6.18 Å². The number of nitrogens with zero attached hydrogens (tertiary/aromatic N) is 3. The molecule has 0 radical (unpaired) electrons. The Balaban J connectivity index is 2.73. The Kier molecular flexibility index (Phi) is 4.17. The monoisotopic (exact) mass is 313 g/mol. The first-order valence-corrected chi connectivity index (χ1v) is 6.40. The maximum Gasteiger partial charge on any atom is 0.449 e. The Morgan fingerprint density at radius 2 is 1.86 bits per heavy atom. The van der Waals surface area contributed by atoms with Crippen LogP contribution in [0.5, 0.6) is 11.5 Å². The highest BCUT2D eigenvalue weighted by Gasteiger charge is 2.38.